The van der Waals surface area contributed by atoms with Crippen LogP contribution in [0.25, 0.3) is 12.2 Å². The number of carbonyl (C=O) groups is 2. The number of hydrogen-bond acceptors (Lipinski definition) is 5. The maximum absolute atomic E-state index is 11.4. The highest BCUT2D eigenvalue weighted by Gasteiger charge is 2.18. The zero-order valence-corrected chi connectivity index (χ0v) is 16.8. The van der Waals surface area contributed by atoms with Crippen LogP contribution in [0.5, 0.6) is 0 Å². The Morgan fingerprint density at radius 1 is 1.14 bits per heavy atom. The van der Waals surface area contributed by atoms with Gasteiger partial charge in [0.25, 0.3) is 0 Å². The number of carboxylic acid groups (broad SMARTS) is 1. The number of amides is 1. The Kier molecular flexibility index (Phi) is 6.81. The molecule has 2 aromatic heterocycles. The fraction of sp³-hybridized carbons (Fsp3) is 0.381. The first-order chi connectivity index (χ1) is 13.5. The van der Waals surface area contributed by atoms with Crippen molar-refractivity contribution in [3.63, 3.8) is 0 Å². The van der Waals surface area contributed by atoms with Gasteiger partial charge in [0.05, 0.1) is 17.6 Å². The van der Waals surface area contributed by atoms with Gasteiger partial charge in [0, 0.05) is 49.3 Å². The first-order valence-corrected chi connectivity index (χ1v) is 10.3. The van der Waals surface area contributed by atoms with Crippen LogP contribution >= 0.6 is 11.3 Å². The van der Waals surface area contributed by atoms with Gasteiger partial charge >= 0.3 is 5.97 Å². The zero-order chi connectivity index (χ0) is 19.9. The first-order valence-electron chi connectivity index (χ1n) is 9.46. The highest BCUT2D eigenvalue weighted by Crippen LogP contribution is 2.21. The number of rotatable bonds is 7. The van der Waals surface area contributed by atoms with E-state index in [1.165, 1.54) is 4.88 Å². The van der Waals surface area contributed by atoms with Crippen LogP contribution in [0, 0.1) is 0 Å². The molecule has 3 rings (SSSR count). The van der Waals surface area contributed by atoms with Gasteiger partial charge in [-0.2, -0.15) is 0 Å². The quantitative estimate of drug-likeness (QED) is 0.773. The van der Waals surface area contributed by atoms with E-state index in [1.807, 2.05) is 29.3 Å². The van der Waals surface area contributed by atoms with Crippen molar-refractivity contribution in [3.8, 4) is 0 Å². The van der Waals surface area contributed by atoms with Crippen molar-refractivity contribution >= 4 is 41.1 Å². The molecule has 0 radical (unpaired) electrons. The summed E-state index contributed by atoms with van der Waals surface area (Å²) in [5.41, 5.74) is 1.98. The summed E-state index contributed by atoms with van der Waals surface area (Å²) in [7, 11) is 0. The topological polar surface area (TPSA) is 73.7 Å². The highest BCUT2D eigenvalue weighted by atomic mass is 32.1. The van der Waals surface area contributed by atoms with E-state index < -0.39 is 5.97 Å². The lowest BCUT2D eigenvalue weighted by molar-refractivity contribution is -0.137. The summed E-state index contributed by atoms with van der Waals surface area (Å²) < 4.78 is 0. The minimum Gasteiger partial charge on any atom is -0.481 e. The van der Waals surface area contributed by atoms with Gasteiger partial charge < -0.3 is 14.9 Å². The number of nitrogens with zero attached hydrogens (tertiary/aromatic N) is 3. The van der Waals surface area contributed by atoms with Crippen molar-refractivity contribution in [1.29, 1.82) is 0 Å². The molecule has 0 saturated carbocycles. The third-order valence-corrected chi connectivity index (χ3v) is 5.89. The lowest BCUT2D eigenvalue weighted by atomic mass is 10.2. The predicted octanol–water partition coefficient (Wildman–Crippen LogP) is 3.39. The lowest BCUT2D eigenvalue weighted by Crippen LogP contribution is -2.48. The number of hydrogen-bond donors (Lipinski definition) is 1. The Morgan fingerprint density at radius 2 is 1.93 bits per heavy atom. The zero-order valence-electron chi connectivity index (χ0n) is 16.0. The fourth-order valence-electron chi connectivity index (χ4n) is 3.16. The summed E-state index contributed by atoms with van der Waals surface area (Å²) in [4.78, 5) is 33.0. The average Bonchev–Trinajstić information content (AvgIpc) is 3.14. The minimum atomic E-state index is -0.744. The first kappa shape index (κ1) is 20.1. The van der Waals surface area contributed by atoms with Gasteiger partial charge in [-0.05, 0) is 49.3 Å². The number of aryl methyl sites for hydroxylation is 1. The summed E-state index contributed by atoms with van der Waals surface area (Å²) in [5, 5.41) is 8.71. The molecule has 0 unspecified atom stereocenters. The standard InChI is InChI=1S/C21H25N3O3S/c1-16(25)23-11-13-24(14-12-23)18-7-5-17(22-15-18)6-8-20-10-9-19(28-20)3-2-4-21(26)27/h5-10,15H,2-4,11-14H2,1H3,(H,26,27). The molecule has 1 fully saturated rings. The summed E-state index contributed by atoms with van der Waals surface area (Å²) in [6, 6.07) is 8.19. The van der Waals surface area contributed by atoms with Crippen LogP contribution in [0.3, 0.4) is 0 Å². The molecule has 0 atom stereocenters. The smallest absolute Gasteiger partial charge is 0.303 e. The molecule has 1 saturated heterocycles. The number of pyridine rings is 1. The highest BCUT2D eigenvalue weighted by molar-refractivity contribution is 7.12. The fourth-order valence-corrected chi connectivity index (χ4v) is 4.12. The third-order valence-electron chi connectivity index (χ3n) is 4.78. The second-order valence-corrected chi connectivity index (χ2v) is 8.02. The molecule has 7 heteroatoms. The van der Waals surface area contributed by atoms with Gasteiger partial charge in [-0.1, -0.05) is 0 Å². The van der Waals surface area contributed by atoms with Gasteiger partial charge in [-0.15, -0.1) is 11.3 Å². The number of carbonyl (C=O) groups excluding carboxylic acids is 1. The molecule has 1 aliphatic heterocycles. The van der Waals surface area contributed by atoms with E-state index in [0.717, 1.165) is 48.9 Å². The van der Waals surface area contributed by atoms with Crippen LogP contribution in [0.2, 0.25) is 0 Å². The molecule has 1 amide bonds. The van der Waals surface area contributed by atoms with Crippen LogP contribution in [0.1, 0.15) is 35.2 Å². The molecule has 1 N–H and O–H groups in total. The molecule has 1 aliphatic rings. The van der Waals surface area contributed by atoms with Crippen molar-refractivity contribution < 1.29 is 14.7 Å². The molecule has 6 nitrogen and oxygen atoms in total. The molecule has 0 bridgehead atoms. The summed E-state index contributed by atoms with van der Waals surface area (Å²) in [6.45, 7) is 4.78. The molecule has 0 aliphatic carbocycles. The van der Waals surface area contributed by atoms with E-state index in [2.05, 4.69) is 28.1 Å². The van der Waals surface area contributed by atoms with Gasteiger partial charge in [-0.3, -0.25) is 14.6 Å². The summed E-state index contributed by atoms with van der Waals surface area (Å²) >= 11 is 1.68. The number of carboxylic acids is 1. The molecule has 28 heavy (non-hydrogen) atoms. The second kappa shape index (κ2) is 9.50. The van der Waals surface area contributed by atoms with Gasteiger partial charge in [0.2, 0.25) is 5.91 Å². The van der Waals surface area contributed by atoms with Gasteiger partial charge in [-0.25, -0.2) is 0 Å². The Bertz CT molecular complexity index is 837. The van der Waals surface area contributed by atoms with Crippen LogP contribution in [0.15, 0.2) is 30.5 Å². The Hall–Kier alpha value is -2.67. The maximum atomic E-state index is 11.4. The van der Waals surface area contributed by atoms with Crippen LogP contribution < -0.4 is 4.90 Å². The average molecular weight is 400 g/mol. The SMILES string of the molecule is CC(=O)N1CCN(c2ccc(C=Cc3ccc(CCCC(=O)O)s3)nc2)CC1. The number of thiophene rings is 1. The Balaban J connectivity index is 1.52. The van der Waals surface area contributed by atoms with E-state index in [0.29, 0.717) is 6.42 Å². The Morgan fingerprint density at radius 3 is 2.57 bits per heavy atom. The van der Waals surface area contributed by atoms with Crippen molar-refractivity contribution in [2.45, 2.75) is 26.2 Å². The number of anilines is 1. The van der Waals surface area contributed by atoms with E-state index >= 15 is 0 Å². The number of aliphatic carboxylic acids is 1. The molecule has 2 aromatic rings. The second-order valence-electron chi connectivity index (χ2n) is 6.82. The van der Waals surface area contributed by atoms with Crippen molar-refractivity contribution in [2.75, 3.05) is 31.1 Å². The molecule has 0 spiro atoms. The Labute approximate surface area is 169 Å². The predicted molar refractivity (Wildman–Crippen MR) is 113 cm³/mol. The number of piperazine rings is 1. The van der Waals surface area contributed by atoms with E-state index in [1.54, 1.807) is 18.3 Å². The van der Waals surface area contributed by atoms with E-state index in [9.17, 15) is 9.59 Å². The molecule has 3 heterocycles. The summed E-state index contributed by atoms with van der Waals surface area (Å²) in [6.07, 6.45) is 7.60. The van der Waals surface area contributed by atoms with Gasteiger partial charge in [0.1, 0.15) is 0 Å². The lowest BCUT2D eigenvalue weighted by Gasteiger charge is -2.35. The van der Waals surface area contributed by atoms with Crippen LogP contribution in [-0.4, -0.2) is 53.0 Å². The van der Waals surface area contributed by atoms with Crippen molar-refractivity contribution in [3.05, 3.63) is 45.9 Å². The normalized spacial score (nSPS) is 14.6. The molecule has 148 valence electrons. The van der Waals surface area contributed by atoms with Crippen molar-refractivity contribution in [2.24, 2.45) is 0 Å². The monoisotopic (exact) mass is 399 g/mol. The maximum Gasteiger partial charge on any atom is 0.303 e. The molecule has 0 aromatic carbocycles. The number of aromatic nitrogens is 1. The van der Waals surface area contributed by atoms with Crippen molar-refractivity contribution in [1.82, 2.24) is 9.88 Å². The minimum absolute atomic E-state index is 0.136. The largest absolute Gasteiger partial charge is 0.481 e. The third kappa shape index (κ3) is 5.66. The van der Waals surface area contributed by atoms with E-state index in [-0.39, 0.29) is 12.3 Å². The summed E-state index contributed by atoms with van der Waals surface area (Å²) in [5.74, 6) is -0.608. The van der Waals surface area contributed by atoms with Gasteiger partial charge in [0.15, 0.2) is 0 Å². The molecular weight excluding hydrogens is 374 g/mol. The molecular formula is C21H25N3O3S. The van der Waals surface area contributed by atoms with Crippen LogP contribution in [-0.2, 0) is 16.0 Å². The van der Waals surface area contributed by atoms with E-state index in [4.69, 9.17) is 5.11 Å². The van der Waals surface area contributed by atoms with Crippen LogP contribution in [0.4, 0.5) is 5.69 Å².